The Morgan fingerprint density at radius 1 is 1.14 bits per heavy atom. The number of likely N-dealkylation sites (N-methyl/N-ethyl adjacent to an activating group) is 2. The molecule has 28 heavy (non-hydrogen) atoms. The summed E-state index contributed by atoms with van der Waals surface area (Å²) >= 11 is 0. The molecule has 0 fully saturated rings. The van der Waals surface area contributed by atoms with E-state index in [0.29, 0.717) is 18.7 Å². The Bertz CT molecular complexity index is 834. The van der Waals surface area contributed by atoms with Gasteiger partial charge < -0.3 is 15.0 Å². The number of nitrogens with one attached hydrogen (secondary N) is 1. The van der Waals surface area contributed by atoms with Crippen LogP contribution in [0.1, 0.15) is 29.8 Å². The van der Waals surface area contributed by atoms with Crippen molar-refractivity contribution in [2.75, 3.05) is 40.3 Å². The molecule has 0 atom stereocenters. The molecule has 1 N–H and O–H groups in total. The quantitative estimate of drug-likeness (QED) is 0.586. The van der Waals surface area contributed by atoms with E-state index in [-0.39, 0.29) is 22.9 Å². The second kappa shape index (κ2) is 10.2. The second-order valence-electron chi connectivity index (χ2n) is 6.07. The number of hydrogen-bond donors (Lipinski definition) is 1. The first-order valence-corrected chi connectivity index (χ1v) is 10.2. The van der Waals surface area contributed by atoms with Crippen LogP contribution in [0.2, 0.25) is 0 Å². The van der Waals surface area contributed by atoms with Crippen molar-refractivity contribution in [3.8, 4) is 0 Å². The minimum absolute atomic E-state index is 0.0168. The average molecular weight is 413 g/mol. The molecule has 1 aromatic rings. The third kappa shape index (κ3) is 5.77. The van der Waals surface area contributed by atoms with Crippen LogP contribution in [0.4, 0.5) is 0 Å². The number of ether oxygens (including phenoxy) is 1. The molecule has 0 aliphatic heterocycles. The molecule has 0 aliphatic rings. The van der Waals surface area contributed by atoms with Gasteiger partial charge in [0.1, 0.15) is 0 Å². The number of rotatable bonds is 9. The fourth-order valence-corrected chi connectivity index (χ4v) is 3.88. The zero-order valence-corrected chi connectivity index (χ0v) is 17.6. The molecule has 0 radical (unpaired) electrons. The van der Waals surface area contributed by atoms with Crippen molar-refractivity contribution in [3.05, 3.63) is 29.3 Å². The normalized spacial score (nSPS) is 11.2. The number of esters is 1. The van der Waals surface area contributed by atoms with Gasteiger partial charge in [-0.15, -0.1) is 0 Å². The van der Waals surface area contributed by atoms with E-state index < -0.39 is 28.5 Å². The van der Waals surface area contributed by atoms with Gasteiger partial charge in [0, 0.05) is 27.2 Å². The highest BCUT2D eigenvalue weighted by Gasteiger charge is 2.24. The van der Waals surface area contributed by atoms with E-state index in [1.54, 1.807) is 20.8 Å². The highest BCUT2D eigenvalue weighted by Crippen LogP contribution is 2.20. The minimum Gasteiger partial charge on any atom is -0.452 e. The third-order valence-electron chi connectivity index (χ3n) is 4.18. The van der Waals surface area contributed by atoms with Gasteiger partial charge in [0.2, 0.25) is 15.9 Å². The molecule has 1 aromatic carbocycles. The Morgan fingerprint density at radius 2 is 1.75 bits per heavy atom. The molecule has 0 aromatic heterocycles. The van der Waals surface area contributed by atoms with Crippen molar-refractivity contribution < 1.29 is 27.5 Å². The summed E-state index contributed by atoms with van der Waals surface area (Å²) in [5, 5.41) is 2.39. The number of hydrogen-bond acceptors (Lipinski definition) is 6. The number of nitrogens with zero attached hydrogens (tertiary/aromatic N) is 2. The molecular weight excluding hydrogens is 386 g/mol. The van der Waals surface area contributed by atoms with Crippen LogP contribution in [-0.2, 0) is 24.3 Å². The smallest absolute Gasteiger partial charge is 0.338 e. The maximum atomic E-state index is 12.6. The SMILES string of the molecule is CCN(CC)S(=O)(=O)c1ccc(C)c(C(=O)OCC(=O)N(C)CC(=O)NC)c1. The number of aryl methyl sites for hydroxylation is 1. The van der Waals surface area contributed by atoms with Gasteiger partial charge in [0.25, 0.3) is 5.91 Å². The highest BCUT2D eigenvalue weighted by atomic mass is 32.2. The first-order valence-electron chi connectivity index (χ1n) is 8.80. The second-order valence-corrected chi connectivity index (χ2v) is 8.00. The summed E-state index contributed by atoms with van der Waals surface area (Å²) in [5.41, 5.74) is 0.588. The molecule has 0 aliphatic carbocycles. The van der Waals surface area contributed by atoms with Crippen LogP contribution in [0.25, 0.3) is 0 Å². The largest absolute Gasteiger partial charge is 0.452 e. The number of carbonyl (C=O) groups is 3. The molecule has 10 heteroatoms. The fourth-order valence-electron chi connectivity index (χ4n) is 2.39. The van der Waals surface area contributed by atoms with E-state index in [2.05, 4.69) is 5.32 Å². The van der Waals surface area contributed by atoms with E-state index in [1.807, 2.05) is 0 Å². The number of carbonyl (C=O) groups excluding carboxylic acids is 3. The number of benzene rings is 1. The van der Waals surface area contributed by atoms with Crippen LogP contribution in [0.15, 0.2) is 23.1 Å². The summed E-state index contributed by atoms with van der Waals surface area (Å²) < 4.78 is 31.6. The van der Waals surface area contributed by atoms with Crippen LogP contribution < -0.4 is 5.32 Å². The zero-order chi connectivity index (χ0) is 21.5. The van der Waals surface area contributed by atoms with E-state index in [9.17, 15) is 22.8 Å². The Balaban J connectivity index is 2.95. The molecule has 0 spiro atoms. The predicted molar refractivity (Wildman–Crippen MR) is 103 cm³/mol. The Kier molecular flexibility index (Phi) is 8.58. The minimum atomic E-state index is -3.73. The van der Waals surface area contributed by atoms with Crippen LogP contribution in [0, 0.1) is 6.92 Å². The first kappa shape index (κ1) is 23.6. The lowest BCUT2D eigenvalue weighted by atomic mass is 10.1. The Labute approximate surface area is 165 Å². The first-order chi connectivity index (χ1) is 13.1. The summed E-state index contributed by atoms with van der Waals surface area (Å²) in [4.78, 5) is 36.8. The van der Waals surface area contributed by atoms with Crippen molar-refractivity contribution in [3.63, 3.8) is 0 Å². The molecule has 0 saturated heterocycles. The topological polar surface area (TPSA) is 113 Å². The maximum absolute atomic E-state index is 12.6. The zero-order valence-electron chi connectivity index (χ0n) is 16.8. The van der Waals surface area contributed by atoms with Gasteiger partial charge in [-0.3, -0.25) is 9.59 Å². The summed E-state index contributed by atoms with van der Waals surface area (Å²) in [5.74, 6) is -1.72. The Hall–Kier alpha value is -2.46. The monoisotopic (exact) mass is 413 g/mol. The third-order valence-corrected chi connectivity index (χ3v) is 6.23. The van der Waals surface area contributed by atoms with Gasteiger partial charge in [-0.05, 0) is 24.6 Å². The lowest BCUT2D eigenvalue weighted by Gasteiger charge is -2.19. The molecule has 0 unspecified atom stereocenters. The van der Waals surface area contributed by atoms with Gasteiger partial charge in [0.15, 0.2) is 6.61 Å². The summed E-state index contributed by atoms with van der Waals surface area (Å²) in [6, 6.07) is 4.21. The summed E-state index contributed by atoms with van der Waals surface area (Å²) in [7, 11) is -0.871. The molecule has 0 saturated carbocycles. The molecule has 2 amide bonds. The summed E-state index contributed by atoms with van der Waals surface area (Å²) in [6.07, 6.45) is 0. The molecule has 9 nitrogen and oxygen atoms in total. The van der Waals surface area contributed by atoms with Crippen LogP contribution >= 0.6 is 0 Å². The van der Waals surface area contributed by atoms with Crippen LogP contribution in [0.5, 0.6) is 0 Å². The van der Waals surface area contributed by atoms with Crippen LogP contribution in [-0.4, -0.2) is 75.7 Å². The molecule has 156 valence electrons. The molecular formula is C18H27N3O6S. The van der Waals surface area contributed by atoms with Crippen LogP contribution in [0.3, 0.4) is 0 Å². The van der Waals surface area contributed by atoms with Crippen molar-refractivity contribution in [2.45, 2.75) is 25.7 Å². The van der Waals surface area contributed by atoms with E-state index in [1.165, 1.54) is 36.6 Å². The molecule has 1 rings (SSSR count). The van der Waals surface area contributed by atoms with Crippen molar-refractivity contribution in [2.24, 2.45) is 0 Å². The van der Waals surface area contributed by atoms with Gasteiger partial charge >= 0.3 is 5.97 Å². The maximum Gasteiger partial charge on any atom is 0.338 e. The Morgan fingerprint density at radius 3 is 2.29 bits per heavy atom. The number of sulfonamides is 1. The van der Waals surface area contributed by atoms with Gasteiger partial charge in [-0.1, -0.05) is 19.9 Å². The van der Waals surface area contributed by atoms with E-state index in [4.69, 9.17) is 4.74 Å². The van der Waals surface area contributed by atoms with Gasteiger partial charge in [0.05, 0.1) is 17.0 Å². The molecule has 0 heterocycles. The fraction of sp³-hybridized carbons (Fsp3) is 0.500. The van der Waals surface area contributed by atoms with Gasteiger partial charge in [-0.2, -0.15) is 4.31 Å². The lowest BCUT2D eigenvalue weighted by molar-refractivity contribution is -0.137. The van der Waals surface area contributed by atoms with E-state index >= 15 is 0 Å². The number of amides is 2. The van der Waals surface area contributed by atoms with Crippen molar-refractivity contribution in [1.82, 2.24) is 14.5 Å². The lowest BCUT2D eigenvalue weighted by Crippen LogP contribution is -2.39. The van der Waals surface area contributed by atoms with Crippen molar-refractivity contribution in [1.29, 1.82) is 0 Å². The standard InChI is InChI=1S/C18H27N3O6S/c1-6-21(7-2)28(25,26)14-9-8-13(3)15(10-14)18(24)27-12-17(23)20(5)11-16(22)19-4/h8-10H,6-7,11-12H2,1-5H3,(H,19,22). The molecule has 0 bridgehead atoms. The predicted octanol–water partition coefficient (Wildman–Crippen LogP) is 0.387. The van der Waals surface area contributed by atoms with Gasteiger partial charge in [-0.25, -0.2) is 13.2 Å². The summed E-state index contributed by atoms with van der Waals surface area (Å²) in [6.45, 7) is 4.99. The average Bonchev–Trinajstić information content (AvgIpc) is 2.66. The van der Waals surface area contributed by atoms with E-state index in [0.717, 1.165) is 4.90 Å². The highest BCUT2D eigenvalue weighted by molar-refractivity contribution is 7.89. The van der Waals surface area contributed by atoms with Crippen molar-refractivity contribution >= 4 is 27.8 Å².